The number of nitrogens with zero attached hydrogens (tertiary/aromatic N) is 2. The van der Waals surface area contributed by atoms with Crippen LogP contribution >= 0.6 is 15.9 Å². The molecule has 0 aliphatic heterocycles. The molecule has 0 aliphatic carbocycles. The molecule has 0 aliphatic rings. The van der Waals surface area contributed by atoms with Crippen molar-refractivity contribution in [2.75, 3.05) is 7.11 Å². The molecule has 0 unspecified atom stereocenters. The first-order chi connectivity index (χ1) is 8.54. The summed E-state index contributed by atoms with van der Waals surface area (Å²) >= 11 is 3.39. The maximum Gasteiger partial charge on any atom is 0.183 e. The normalized spacial score (nSPS) is 10.4. The summed E-state index contributed by atoms with van der Waals surface area (Å²) in [7, 11) is 3.35. The van der Waals surface area contributed by atoms with Gasteiger partial charge in [0.15, 0.2) is 17.2 Å². The van der Waals surface area contributed by atoms with Gasteiger partial charge in [0.25, 0.3) is 0 Å². The van der Waals surface area contributed by atoms with E-state index in [0.717, 1.165) is 15.7 Å². The van der Waals surface area contributed by atoms with E-state index in [-0.39, 0.29) is 5.78 Å². The SMILES string of the molecule is COc1c(C(C)=O)nn(C)c1-c1ccc(Br)cc1. The number of aryl methyl sites for hydroxylation is 1. The van der Waals surface area contributed by atoms with Gasteiger partial charge in [-0.3, -0.25) is 9.48 Å². The Hall–Kier alpha value is -1.62. The molecule has 5 heteroatoms. The molecule has 94 valence electrons. The average molecular weight is 309 g/mol. The van der Waals surface area contributed by atoms with Crippen LogP contribution in [0.25, 0.3) is 11.3 Å². The number of Topliss-reactive ketones (excluding diaryl/α,β-unsaturated/α-hetero) is 1. The van der Waals surface area contributed by atoms with Crippen molar-refractivity contribution in [2.45, 2.75) is 6.92 Å². The Labute approximate surface area is 114 Å². The van der Waals surface area contributed by atoms with Gasteiger partial charge in [-0.25, -0.2) is 0 Å². The maximum absolute atomic E-state index is 11.5. The molecule has 1 aromatic carbocycles. The fourth-order valence-electron chi connectivity index (χ4n) is 1.85. The van der Waals surface area contributed by atoms with Crippen LogP contribution in [0.5, 0.6) is 5.75 Å². The Bertz CT molecular complexity index is 588. The lowest BCUT2D eigenvalue weighted by Gasteiger charge is -2.05. The predicted molar refractivity (Wildman–Crippen MR) is 72.9 cm³/mol. The zero-order valence-corrected chi connectivity index (χ0v) is 12.0. The molecule has 0 amide bonds. The van der Waals surface area contributed by atoms with Crippen LogP contribution in [-0.4, -0.2) is 22.7 Å². The molecule has 1 aromatic heterocycles. The number of halogens is 1. The highest BCUT2D eigenvalue weighted by atomic mass is 79.9. The van der Waals surface area contributed by atoms with Gasteiger partial charge in [-0.2, -0.15) is 5.10 Å². The molecule has 4 nitrogen and oxygen atoms in total. The molecular weight excluding hydrogens is 296 g/mol. The number of carbonyl (C=O) groups excluding carboxylic acids is 1. The van der Waals surface area contributed by atoms with Crippen molar-refractivity contribution < 1.29 is 9.53 Å². The van der Waals surface area contributed by atoms with Gasteiger partial charge >= 0.3 is 0 Å². The number of carbonyl (C=O) groups is 1. The minimum absolute atomic E-state index is 0.106. The van der Waals surface area contributed by atoms with E-state index in [2.05, 4.69) is 21.0 Å². The standard InChI is InChI=1S/C13H13BrN2O2/c1-8(17)11-13(18-3)12(16(2)15-11)9-4-6-10(14)7-5-9/h4-7H,1-3H3. The molecule has 0 saturated carbocycles. The number of benzene rings is 1. The lowest BCUT2D eigenvalue weighted by Crippen LogP contribution is -1.97. The number of hydrogen-bond donors (Lipinski definition) is 0. The molecule has 0 atom stereocenters. The third-order valence-corrected chi connectivity index (χ3v) is 3.19. The Morgan fingerprint density at radius 2 is 1.94 bits per heavy atom. The summed E-state index contributed by atoms with van der Waals surface area (Å²) in [5.41, 5.74) is 2.12. The average Bonchev–Trinajstić information content (AvgIpc) is 2.67. The second-order valence-electron chi connectivity index (χ2n) is 3.92. The van der Waals surface area contributed by atoms with E-state index in [4.69, 9.17) is 4.74 Å². The zero-order chi connectivity index (χ0) is 13.3. The van der Waals surface area contributed by atoms with Crippen LogP contribution in [0.4, 0.5) is 0 Å². The summed E-state index contributed by atoms with van der Waals surface area (Å²) in [5, 5.41) is 4.21. The van der Waals surface area contributed by atoms with E-state index < -0.39 is 0 Å². The van der Waals surface area contributed by atoms with E-state index in [1.54, 1.807) is 18.8 Å². The molecule has 0 fully saturated rings. The van der Waals surface area contributed by atoms with Crippen LogP contribution in [0.1, 0.15) is 17.4 Å². The highest BCUT2D eigenvalue weighted by Crippen LogP contribution is 2.33. The lowest BCUT2D eigenvalue weighted by molar-refractivity contribution is 0.100. The van der Waals surface area contributed by atoms with Gasteiger partial charge < -0.3 is 4.74 Å². The molecule has 18 heavy (non-hydrogen) atoms. The van der Waals surface area contributed by atoms with Gasteiger partial charge in [-0.1, -0.05) is 28.1 Å². The monoisotopic (exact) mass is 308 g/mol. The summed E-state index contributed by atoms with van der Waals surface area (Å²) in [5.74, 6) is 0.415. The first-order valence-electron chi connectivity index (χ1n) is 5.42. The number of hydrogen-bond acceptors (Lipinski definition) is 3. The molecule has 0 bridgehead atoms. The van der Waals surface area contributed by atoms with E-state index in [1.165, 1.54) is 6.92 Å². The Balaban J connectivity index is 2.63. The molecule has 0 saturated heterocycles. The highest BCUT2D eigenvalue weighted by Gasteiger charge is 2.21. The van der Waals surface area contributed by atoms with Gasteiger partial charge in [-0.05, 0) is 12.1 Å². The highest BCUT2D eigenvalue weighted by molar-refractivity contribution is 9.10. The fraction of sp³-hybridized carbons (Fsp3) is 0.231. The molecular formula is C13H13BrN2O2. The lowest BCUT2D eigenvalue weighted by atomic mass is 10.1. The van der Waals surface area contributed by atoms with Gasteiger partial charge in [0, 0.05) is 24.0 Å². The van der Waals surface area contributed by atoms with E-state index in [1.807, 2.05) is 24.3 Å². The third kappa shape index (κ3) is 2.18. The number of methoxy groups -OCH3 is 1. The van der Waals surface area contributed by atoms with Crippen LogP contribution < -0.4 is 4.74 Å². The molecule has 1 heterocycles. The van der Waals surface area contributed by atoms with Crippen LogP contribution in [-0.2, 0) is 7.05 Å². The summed E-state index contributed by atoms with van der Waals surface area (Å²) in [6.45, 7) is 1.48. The van der Waals surface area contributed by atoms with Crippen LogP contribution in [0.3, 0.4) is 0 Å². The maximum atomic E-state index is 11.5. The largest absolute Gasteiger partial charge is 0.492 e. The summed E-state index contributed by atoms with van der Waals surface area (Å²) in [6, 6.07) is 7.78. The van der Waals surface area contributed by atoms with Crippen molar-refractivity contribution in [1.82, 2.24) is 9.78 Å². The minimum atomic E-state index is -0.106. The minimum Gasteiger partial charge on any atom is -0.492 e. The van der Waals surface area contributed by atoms with Crippen LogP contribution in [0.15, 0.2) is 28.7 Å². The van der Waals surface area contributed by atoms with Crippen molar-refractivity contribution in [2.24, 2.45) is 7.05 Å². The summed E-state index contributed by atoms with van der Waals surface area (Å²) in [6.07, 6.45) is 0. The van der Waals surface area contributed by atoms with Gasteiger partial charge in [0.2, 0.25) is 0 Å². The molecule has 0 radical (unpaired) electrons. The Morgan fingerprint density at radius 1 is 1.33 bits per heavy atom. The predicted octanol–water partition coefficient (Wildman–Crippen LogP) is 3.06. The number of ketones is 1. The Morgan fingerprint density at radius 3 is 2.44 bits per heavy atom. The Kier molecular flexibility index (Phi) is 3.52. The zero-order valence-electron chi connectivity index (χ0n) is 10.4. The summed E-state index contributed by atoms with van der Waals surface area (Å²) in [4.78, 5) is 11.5. The number of rotatable bonds is 3. The second kappa shape index (κ2) is 4.94. The quantitative estimate of drug-likeness (QED) is 0.819. The van der Waals surface area contributed by atoms with Crippen molar-refractivity contribution in [3.8, 4) is 17.0 Å². The van der Waals surface area contributed by atoms with Crippen molar-refractivity contribution in [3.63, 3.8) is 0 Å². The van der Waals surface area contributed by atoms with Crippen molar-refractivity contribution in [3.05, 3.63) is 34.4 Å². The third-order valence-electron chi connectivity index (χ3n) is 2.66. The smallest absolute Gasteiger partial charge is 0.183 e. The van der Waals surface area contributed by atoms with Crippen molar-refractivity contribution >= 4 is 21.7 Å². The second-order valence-corrected chi connectivity index (χ2v) is 4.83. The molecule has 0 N–H and O–H groups in total. The molecule has 2 aromatic rings. The first-order valence-corrected chi connectivity index (χ1v) is 6.21. The van der Waals surface area contributed by atoms with E-state index in [9.17, 15) is 4.79 Å². The molecule has 0 spiro atoms. The van der Waals surface area contributed by atoms with Gasteiger partial charge in [-0.15, -0.1) is 0 Å². The van der Waals surface area contributed by atoms with Gasteiger partial charge in [0.05, 0.1) is 7.11 Å². The van der Waals surface area contributed by atoms with Gasteiger partial charge in [0.1, 0.15) is 5.69 Å². The van der Waals surface area contributed by atoms with Crippen LogP contribution in [0.2, 0.25) is 0 Å². The van der Waals surface area contributed by atoms with Crippen LogP contribution in [0, 0.1) is 0 Å². The van der Waals surface area contributed by atoms with E-state index >= 15 is 0 Å². The number of ether oxygens (including phenoxy) is 1. The van der Waals surface area contributed by atoms with E-state index in [0.29, 0.717) is 11.4 Å². The number of aromatic nitrogens is 2. The topological polar surface area (TPSA) is 44.1 Å². The summed E-state index contributed by atoms with van der Waals surface area (Å²) < 4.78 is 7.99. The molecule has 2 rings (SSSR count). The fourth-order valence-corrected chi connectivity index (χ4v) is 2.12. The van der Waals surface area contributed by atoms with Crippen molar-refractivity contribution in [1.29, 1.82) is 0 Å². The first kappa shape index (κ1) is 12.8.